The minimum atomic E-state index is -0.800. The number of hydrogen-bond donors (Lipinski definition) is 0. The van der Waals surface area contributed by atoms with Crippen LogP contribution in [0.2, 0.25) is 0 Å². The van der Waals surface area contributed by atoms with Crippen LogP contribution in [0.15, 0.2) is 28.2 Å². The van der Waals surface area contributed by atoms with Crippen molar-refractivity contribution < 1.29 is 28.2 Å². The van der Waals surface area contributed by atoms with Crippen LogP contribution < -0.4 is 0 Å². The van der Waals surface area contributed by atoms with Gasteiger partial charge in [0.1, 0.15) is 29.3 Å². The fourth-order valence-electron chi connectivity index (χ4n) is 4.19. The summed E-state index contributed by atoms with van der Waals surface area (Å²) in [5.41, 5.74) is 1.60. The van der Waals surface area contributed by atoms with Crippen LogP contribution in [0.25, 0.3) is 6.08 Å². The number of hydrogen-bond acceptors (Lipinski definition) is 6. The van der Waals surface area contributed by atoms with E-state index in [0.29, 0.717) is 42.8 Å². The van der Waals surface area contributed by atoms with Gasteiger partial charge < -0.3 is 18.6 Å². The van der Waals surface area contributed by atoms with Gasteiger partial charge in [-0.2, -0.15) is 0 Å². The van der Waals surface area contributed by atoms with E-state index >= 15 is 0 Å². The summed E-state index contributed by atoms with van der Waals surface area (Å²) in [6.45, 7) is 7.99. The summed E-state index contributed by atoms with van der Waals surface area (Å²) in [6.07, 6.45) is 3.81. The first-order valence-corrected chi connectivity index (χ1v) is 9.26. The van der Waals surface area contributed by atoms with E-state index in [1.807, 2.05) is 19.9 Å². The maximum atomic E-state index is 12.4. The topological polar surface area (TPSA) is 78.3 Å². The van der Waals surface area contributed by atoms with E-state index in [0.717, 1.165) is 11.1 Å². The van der Waals surface area contributed by atoms with E-state index < -0.39 is 11.6 Å². The minimum Gasteiger partial charge on any atom is -0.465 e. The Balaban J connectivity index is 1.73. The largest absolute Gasteiger partial charge is 0.465 e. The lowest BCUT2D eigenvalue weighted by Gasteiger charge is -2.18. The first kappa shape index (κ1) is 18.0. The molecule has 1 aromatic heterocycles. The van der Waals surface area contributed by atoms with Gasteiger partial charge in [0, 0.05) is 12.8 Å². The van der Waals surface area contributed by atoms with E-state index in [1.165, 1.54) is 7.11 Å². The highest BCUT2D eigenvalue weighted by Gasteiger charge is 2.72. The molecule has 0 saturated carbocycles. The number of allylic oxidation sites excluding steroid dienone is 1. The average molecular weight is 372 g/mol. The highest BCUT2D eigenvalue weighted by molar-refractivity contribution is 5.91. The Bertz CT molecular complexity index is 847. The summed E-state index contributed by atoms with van der Waals surface area (Å²) < 4.78 is 22.3. The number of fused-ring (bicyclic) bond motifs is 2. The van der Waals surface area contributed by atoms with Crippen molar-refractivity contribution >= 4 is 18.0 Å². The van der Waals surface area contributed by atoms with Crippen LogP contribution in [0.5, 0.6) is 0 Å². The molecule has 27 heavy (non-hydrogen) atoms. The lowest BCUT2D eigenvalue weighted by atomic mass is 9.86. The second-order valence-corrected chi connectivity index (χ2v) is 7.83. The van der Waals surface area contributed by atoms with Crippen molar-refractivity contribution in [2.75, 3.05) is 7.11 Å². The van der Waals surface area contributed by atoms with Gasteiger partial charge in [-0.25, -0.2) is 9.59 Å². The molecule has 0 radical (unpaired) electrons. The van der Waals surface area contributed by atoms with Crippen molar-refractivity contribution in [3.05, 3.63) is 40.9 Å². The molecule has 1 aromatic rings. The zero-order chi connectivity index (χ0) is 19.3. The van der Waals surface area contributed by atoms with Crippen LogP contribution in [-0.4, -0.2) is 36.9 Å². The summed E-state index contributed by atoms with van der Waals surface area (Å²) >= 11 is 0. The molecule has 2 fully saturated rings. The van der Waals surface area contributed by atoms with Gasteiger partial charge in [0.05, 0.1) is 7.11 Å². The molecular formula is C21H24O6. The van der Waals surface area contributed by atoms with Crippen LogP contribution in [0, 0.1) is 5.92 Å². The van der Waals surface area contributed by atoms with E-state index in [4.69, 9.17) is 18.6 Å². The molecule has 0 amide bonds. The second-order valence-electron chi connectivity index (χ2n) is 7.83. The third-order valence-corrected chi connectivity index (χ3v) is 5.82. The van der Waals surface area contributed by atoms with Gasteiger partial charge in [-0.15, -0.1) is 0 Å². The normalized spacial score (nSPS) is 32.2. The molecule has 4 bridgehead atoms. The van der Waals surface area contributed by atoms with Crippen LogP contribution in [0.4, 0.5) is 0 Å². The molecule has 6 heteroatoms. The maximum Gasteiger partial charge on any atom is 0.341 e. The molecule has 144 valence electrons. The summed E-state index contributed by atoms with van der Waals surface area (Å²) in [5, 5.41) is 0. The molecule has 4 unspecified atom stereocenters. The predicted molar refractivity (Wildman–Crippen MR) is 97.0 cm³/mol. The molecule has 6 nitrogen and oxygen atoms in total. The summed E-state index contributed by atoms with van der Waals surface area (Å²) in [5.74, 6) is 0.572. The third-order valence-electron chi connectivity index (χ3n) is 5.82. The number of furan rings is 1. The zero-order valence-corrected chi connectivity index (χ0v) is 15.9. The number of carbonyl (C=O) groups is 2. The van der Waals surface area contributed by atoms with Gasteiger partial charge in [-0.05, 0) is 44.7 Å². The molecular weight excluding hydrogens is 348 g/mol. The molecule has 0 aliphatic carbocycles. The molecule has 4 heterocycles. The highest BCUT2D eigenvalue weighted by atomic mass is 16.7. The SMILES string of the molecule is C=C(C)C1CCC23OC2C(CC(C)=Cc2cc(C(=O)OC)c(o2)C1)OC3=O. The van der Waals surface area contributed by atoms with E-state index in [2.05, 4.69) is 6.58 Å². The molecule has 3 aliphatic rings. The van der Waals surface area contributed by atoms with E-state index in [9.17, 15) is 9.59 Å². The fourth-order valence-corrected chi connectivity index (χ4v) is 4.19. The molecule has 2 saturated heterocycles. The van der Waals surface area contributed by atoms with Crippen molar-refractivity contribution in [2.24, 2.45) is 5.92 Å². The first-order chi connectivity index (χ1) is 12.8. The standard InChI is InChI=1S/C21H24O6/c1-11(2)13-5-6-21-18(27-21)17(26-20(21)23)8-12(3)7-14-10-15(19(22)24-4)16(9-13)25-14/h7,10,13,17-18H,1,5-6,8-9H2,2-4H3. The molecule has 4 rings (SSSR count). The monoisotopic (exact) mass is 372 g/mol. The van der Waals surface area contributed by atoms with Gasteiger partial charge in [0.15, 0.2) is 5.60 Å². The third kappa shape index (κ3) is 3.02. The Kier molecular flexibility index (Phi) is 4.26. The number of esters is 2. The van der Waals surface area contributed by atoms with E-state index in [-0.39, 0.29) is 24.1 Å². The van der Waals surface area contributed by atoms with Crippen LogP contribution >= 0.6 is 0 Å². The Hall–Kier alpha value is -2.34. The van der Waals surface area contributed by atoms with Gasteiger partial charge in [0.2, 0.25) is 0 Å². The van der Waals surface area contributed by atoms with Crippen molar-refractivity contribution in [2.45, 2.75) is 57.3 Å². The van der Waals surface area contributed by atoms with Crippen molar-refractivity contribution in [3.63, 3.8) is 0 Å². The predicted octanol–water partition coefficient (Wildman–Crippen LogP) is 3.45. The van der Waals surface area contributed by atoms with Crippen molar-refractivity contribution in [1.82, 2.24) is 0 Å². The Morgan fingerprint density at radius 2 is 2.15 bits per heavy atom. The Morgan fingerprint density at radius 1 is 1.37 bits per heavy atom. The number of ether oxygens (including phenoxy) is 3. The number of carbonyl (C=O) groups excluding carboxylic acids is 2. The number of epoxide rings is 1. The maximum absolute atomic E-state index is 12.4. The number of methoxy groups -OCH3 is 1. The lowest BCUT2D eigenvalue weighted by Crippen LogP contribution is -2.24. The van der Waals surface area contributed by atoms with Gasteiger partial charge in [-0.3, -0.25) is 0 Å². The van der Waals surface area contributed by atoms with Crippen LogP contribution in [0.1, 0.15) is 55.0 Å². The molecule has 4 atom stereocenters. The minimum absolute atomic E-state index is 0.0595. The summed E-state index contributed by atoms with van der Waals surface area (Å²) in [7, 11) is 1.36. The Morgan fingerprint density at radius 3 is 2.81 bits per heavy atom. The fraction of sp³-hybridized carbons (Fsp3) is 0.524. The highest BCUT2D eigenvalue weighted by Crippen LogP contribution is 2.52. The zero-order valence-electron chi connectivity index (χ0n) is 15.9. The Labute approximate surface area is 158 Å². The van der Waals surface area contributed by atoms with Gasteiger partial charge in [-0.1, -0.05) is 17.7 Å². The van der Waals surface area contributed by atoms with E-state index in [1.54, 1.807) is 6.07 Å². The van der Waals surface area contributed by atoms with Crippen LogP contribution in [-0.2, 0) is 25.4 Å². The lowest BCUT2D eigenvalue weighted by molar-refractivity contribution is -0.154. The molecule has 0 aromatic carbocycles. The van der Waals surface area contributed by atoms with Crippen molar-refractivity contribution in [1.29, 1.82) is 0 Å². The molecule has 0 spiro atoms. The smallest absolute Gasteiger partial charge is 0.341 e. The second kappa shape index (κ2) is 6.37. The first-order valence-electron chi connectivity index (χ1n) is 9.26. The number of rotatable bonds is 2. The van der Waals surface area contributed by atoms with Crippen LogP contribution in [0.3, 0.4) is 0 Å². The summed E-state index contributed by atoms with van der Waals surface area (Å²) in [6, 6.07) is 1.71. The summed E-state index contributed by atoms with van der Waals surface area (Å²) in [4.78, 5) is 24.6. The molecule has 0 N–H and O–H groups in total. The quantitative estimate of drug-likeness (QED) is 0.449. The van der Waals surface area contributed by atoms with Gasteiger partial charge >= 0.3 is 11.9 Å². The molecule has 3 aliphatic heterocycles. The average Bonchev–Trinajstić information content (AvgIpc) is 3.14. The van der Waals surface area contributed by atoms with Gasteiger partial charge in [0.25, 0.3) is 0 Å². The van der Waals surface area contributed by atoms with Crippen molar-refractivity contribution in [3.8, 4) is 0 Å².